The largest absolute Gasteiger partial charge is 0.352 e. The number of halogens is 1. The van der Waals surface area contributed by atoms with Gasteiger partial charge in [-0.1, -0.05) is 39.3 Å². The number of pyridine rings is 1. The number of aromatic nitrogens is 1. The first-order valence-corrected chi connectivity index (χ1v) is 6.08. The van der Waals surface area contributed by atoms with E-state index >= 15 is 0 Å². The van der Waals surface area contributed by atoms with E-state index in [0.717, 1.165) is 0 Å². The van der Waals surface area contributed by atoms with Crippen molar-refractivity contribution in [1.29, 1.82) is 0 Å². The fraction of sp³-hybridized carbons (Fsp3) is 0.538. The highest BCUT2D eigenvalue weighted by Crippen LogP contribution is 2.24. The van der Waals surface area contributed by atoms with Crippen molar-refractivity contribution >= 4 is 17.5 Å². The lowest BCUT2D eigenvalue weighted by Crippen LogP contribution is -2.33. The van der Waals surface area contributed by atoms with Crippen LogP contribution in [0.3, 0.4) is 0 Å². The van der Waals surface area contributed by atoms with Gasteiger partial charge in [-0.25, -0.2) is 4.98 Å². The predicted molar refractivity (Wildman–Crippen MR) is 70.2 cm³/mol. The predicted octanol–water partition coefficient (Wildman–Crippen LogP) is 3.15. The highest BCUT2D eigenvalue weighted by Gasteiger charge is 2.20. The average Bonchev–Trinajstić information content (AvgIpc) is 2.24. The Kier molecular flexibility index (Phi) is 4.52. The fourth-order valence-electron chi connectivity index (χ4n) is 1.20. The maximum absolute atomic E-state index is 11.8. The average molecular weight is 255 g/mol. The molecular weight excluding hydrogens is 236 g/mol. The topological polar surface area (TPSA) is 42.0 Å². The third-order valence-corrected chi connectivity index (χ3v) is 3.24. The van der Waals surface area contributed by atoms with Gasteiger partial charge in [-0.2, -0.15) is 0 Å². The van der Waals surface area contributed by atoms with E-state index in [0.29, 0.717) is 23.2 Å². The van der Waals surface area contributed by atoms with E-state index in [2.05, 4.69) is 38.0 Å². The molecular formula is C13H19ClN2O. The summed E-state index contributed by atoms with van der Waals surface area (Å²) in [4.78, 5) is 15.7. The molecule has 0 saturated heterocycles. The van der Waals surface area contributed by atoms with Crippen LogP contribution in [0.4, 0.5) is 0 Å². The zero-order chi connectivity index (χ0) is 13.1. The molecule has 1 atom stereocenters. The second-order valence-corrected chi connectivity index (χ2v) is 5.73. The third-order valence-electron chi connectivity index (χ3n) is 3.04. The van der Waals surface area contributed by atoms with Gasteiger partial charge in [-0.3, -0.25) is 4.79 Å². The second kappa shape index (κ2) is 5.50. The number of nitrogens with zero attached hydrogens (tertiary/aromatic N) is 1. The highest BCUT2D eigenvalue weighted by molar-refractivity contribution is 6.29. The summed E-state index contributed by atoms with van der Waals surface area (Å²) in [6, 6.07) is 3.22. The summed E-state index contributed by atoms with van der Waals surface area (Å²) in [5.41, 5.74) is 0.731. The first kappa shape index (κ1) is 14.0. The van der Waals surface area contributed by atoms with Crippen LogP contribution in [0.25, 0.3) is 0 Å². The van der Waals surface area contributed by atoms with E-state index in [-0.39, 0.29) is 11.3 Å². The van der Waals surface area contributed by atoms with Crippen LogP contribution in [0.15, 0.2) is 18.3 Å². The molecule has 0 aliphatic rings. The zero-order valence-electron chi connectivity index (χ0n) is 10.7. The van der Waals surface area contributed by atoms with E-state index in [1.807, 2.05) is 0 Å². The molecule has 1 aromatic rings. The molecule has 0 bridgehead atoms. The Bertz CT molecular complexity index is 399. The molecule has 1 amide bonds. The molecule has 1 aromatic heterocycles. The van der Waals surface area contributed by atoms with E-state index in [9.17, 15) is 4.79 Å². The van der Waals surface area contributed by atoms with Crippen molar-refractivity contribution in [2.75, 3.05) is 6.54 Å². The number of amides is 1. The fourth-order valence-corrected chi connectivity index (χ4v) is 1.37. The van der Waals surface area contributed by atoms with Gasteiger partial charge in [0.2, 0.25) is 0 Å². The van der Waals surface area contributed by atoms with Crippen LogP contribution in [0.1, 0.15) is 38.1 Å². The summed E-state index contributed by atoms with van der Waals surface area (Å²) in [6.45, 7) is 9.26. The smallest absolute Gasteiger partial charge is 0.251 e. The monoisotopic (exact) mass is 254 g/mol. The van der Waals surface area contributed by atoms with Gasteiger partial charge < -0.3 is 5.32 Å². The molecule has 17 heavy (non-hydrogen) atoms. The van der Waals surface area contributed by atoms with Gasteiger partial charge in [-0.15, -0.1) is 0 Å². The molecule has 4 heteroatoms. The van der Waals surface area contributed by atoms with Crippen molar-refractivity contribution in [2.24, 2.45) is 11.3 Å². The van der Waals surface area contributed by atoms with Gasteiger partial charge in [0.15, 0.2) is 0 Å². The van der Waals surface area contributed by atoms with Gasteiger partial charge >= 0.3 is 0 Å². The zero-order valence-corrected chi connectivity index (χ0v) is 11.5. The van der Waals surface area contributed by atoms with Crippen LogP contribution < -0.4 is 5.32 Å². The Balaban J connectivity index is 2.57. The van der Waals surface area contributed by atoms with Crippen molar-refractivity contribution in [3.05, 3.63) is 29.0 Å². The molecule has 1 unspecified atom stereocenters. The number of carbonyl (C=O) groups excluding carboxylic acids is 1. The Hall–Kier alpha value is -1.09. The van der Waals surface area contributed by atoms with Gasteiger partial charge in [0.1, 0.15) is 5.15 Å². The summed E-state index contributed by atoms with van der Waals surface area (Å²) in [6.07, 6.45) is 1.53. The van der Waals surface area contributed by atoms with E-state index < -0.39 is 0 Å². The van der Waals surface area contributed by atoms with Gasteiger partial charge in [0, 0.05) is 18.3 Å². The van der Waals surface area contributed by atoms with Crippen molar-refractivity contribution in [3.63, 3.8) is 0 Å². The quantitative estimate of drug-likeness (QED) is 0.842. The van der Waals surface area contributed by atoms with Gasteiger partial charge in [0.25, 0.3) is 5.91 Å². The lowest BCUT2D eigenvalue weighted by Gasteiger charge is -2.27. The normalized spacial score (nSPS) is 13.2. The van der Waals surface area contributed by atoms with Crippen molar-refractivity contribution in [3.8, 4) is 0 Å². The van der Waals surface area contributed by atoms with Crippen LogP contribution in [0.2, 0.25) is 5.15 Å². The first-order valence-electron chi connectivity index (χ1n) is 5.70. The maximum atomic E-state index is 11.8. The molecule has 3 nitrogen and oxygen atoms in total. The Labute approximate surface area is 108 Å². The number of nitrogens with one attached hydrogen (secondary N) is 1. The lowest BCUT2D eigenvalue weighted by atomic mass is 9.82. The SMILES string of the molecule is CC(CNC(=O)c1ccnc(Cl)c1)C(C)(C)C. The van der Waals surface area contributed by atoms with E-state index in [1.54, 1.807) is 12.1 Å². The Morgan fingerprint density at radius 3 is 2.71 bits per heavy atom. The third kappa shape index (κ3) is 4.35. The standard InChI is InChI=1S/C13H19ClN2O/c1-9(13(2,3)4)8-16-12(17)10-5-6-15-11(14)7-10/h5-7,9H,8H2,1-4H3,(H,16,17). The minimum atomic E-state index is -0.106. The number of hydrogen-bond acceptors (Lipinski definition) is 2. The summed E-state index contributed by atoms with van der Waals surface area (Å²) in [7, 11) is 0. The molecule has 1 N–H and O–H groups in total. The molecule has 0 aliphatic carbocycles. The molecule has 1 heterocycles. The molecule has 0 radical (unpaired) electrons. The van der Waals surface area contributed by atoms with Gasteiger partial charge in [0.05, 0.1) is 0 Å². The number of rotatable bonds is 3. The summed E-state index contributed by atoms with van der Waals surface area (Å²) in [5, 5.41) is 3.24. The lowest BCUT2D eigenvalue weighted by molar-refractivity contribution is 0.0937. The van der Waals surface area contributed by atoms with Crippen molar-refractivity contribution in [2.45, 2.75) is 27.7 Å². The first-order chi connectivity index (χ1) is 7.80. The molecule has 0 aliphatic heterocycles. The molecule has 0 aromatic carbocycles. The van der Waals surface area contributed by atoms with Crippen LogP contribution in [-0.2, 0) is 0 Å². The molecule has 0 spiro atoms. The number of hydrogen-bond donors (Lipinski definition) is 1. The molecule has 0 fully saturated rings. The van der Waals surface area contributed by atoms with Crippen LogP contribution >= 0.6 is 11.6 Å². The summed E-state index contributed by atoms with van der Waals surface area (Å²) in [5.74, 6) is 0.300. The van der Waals surface area contributed by atoms with Crippen molar-refractivity contribution < 1.29 is 4.79 Å². The van der Waals surface area contributed by atoms with Crippen LogP contribution in [-0.4, -0.2) is 17.4 Å². The van der Waals surface area contributed by atoms with Crippen LogP contribution in [0.5, 0.6) is 0 Å². The highest BCUT2D eigenvalue weighted by atomic mass is 35.5. The second-order valence-electron chi connectivity index (χ2n) is 5.34. The van der Waals surface area contributed by atoms with Crippen molar-refractivity contribution in [1.82, 2.24) is 10.3 Å². The molecule has 94 valence electrons. The maximum Gasteiger partial charge on any atom is 0.251 e. The Morgan fingerprint density at radius 1 is 1.53 bits per heavy atom. The number of carbonyl (C=O) groups is 1. The molecule has 1 rings (SSSR count). The summed E-state index contributed by atoms with van der Waals surface area (Å²) >= 11 is 5.73. The van der Waals surface area contributed by atoms with E-state index in [1.165, 1.54) is 6.20 Å². The van der Waals surface area contributed by atoms with E-state index in [4.69, 9.17) is 11.6 Å². The minimum absolute atomic E-state index is 0.106. The summed E-state index contributed by atoms with van der Waals surface area (Å²) < 4.78 is 0. The minimum Gasteiger partial charge on any atom is -0.352 e. The molecule has 0 saturated carbocycles. The van der Waals surface area contributed by atoms with Gasteiger partial charge in [-0.05, 0) is 23.5 Å². The van der Waals surface area contributed by atoms with Crippen LogP contribution in [0, 0.1) is 11.3 Å². The Morgan fingerprint density at radius 2 is 2.18 bits per heavy atom.